The van der Waals surface area contributed by atoms with Crippen molar-refractivity contribution in [1.82, 2.24) is 5.32 Å². The lowest BCUT2D eigenvalue weighted by molar-refractivity contribution is -0.518. The average Bonchev–Trinajstić information content (AvgIpc) is 3.54. The number of nitriles is 1. The molecular formula is C44H53Cl2F2N3O12. The number of benzene rings is 3. The largest absolute Gasteiger partial charge is 0.495 e. The Hall–Kier alpha value is -4.03. The lowest BCUT2D eigenvalue weighted by Crippen LogP contribution is -2.45. The van der Waals surface area contributed by atoms with E-state index in [1.807, 2.05) is 20.8 Å². The third kappa shape index (κ3) is 13.3. The summed E-state index contributed by atoms with van der Waals surface area (Å²) >= 11 is 12.4. The van der Waals surface area contributed by atoms with Crippen LogP contribution in [-0.2, 0) is 52.8 Å². The molecule has 2 saturated heterocycles. The summed E-state index contributed by atoms with van der Waals surface area (Å²) in [7, 11) is 2.94. The van der Waals surface area contributed by atoms with Crippen LogP contribution >= 0.6 is 23.2 Å². The van der Waals surface area contributed by atoms with Gasteiger partial charge in [0.25, 0.3) is 6.48 Å². The van der Waals surface area contributed by atoms with E-state index in [4.69, 9.17) is 70.6 Å². The highest BCUT2D eigenvalue weighted by Gasteiger charge is 2.61. The van der Waals surface area contributed by atoms with Crippen LogP contribution in [0, 0.1) is 28.4 Å². The van der Waals surface area contributed by atoms with E-state index < -0.39 is 65.3 Å². The summed E-state index contributed by atoms with van der Waals surface area (Å²) in [5, 5.41) is 17.0. The predicted octanol–water partition coefficient (Wildman–Crippen LogP) is 6.74. The highest BCUT2D eigenvalue weighted by Crippen LogP contribution is 2.53. The molecule has 344 valence electrons. The third-order valence-electron chi connectivity index (χ3n) is 10.1. The van der Waals surface area contributed by atoms with Gasteiger partial charge in [-0.1, -0.05) is 62.2 Å². The Labute approximate surface area is 375 Å². The number of hydrogen-bond donors (Lipinski definition) is 2. The van der Waals surface area contributed by atoms with Gasteiger partial charge in [-0.2, -0.15) is 5.26 Å². The second-order valence-corrected chi connectivity index (χ2v) is 16.5. The molecule has 5 rings (SSSR count). The van der Waals surface area contributed by atoms with Crippen LogP contribution in [0.5, 0.6) is 5.75 Å². The number of anilines is 1. The van der Waals surface area contributed by atoms with E-state index in [0.717, 1.165) is 6.07 Å². The minimum atomic E-state index is -1.83. The van der Waals surface area contributed by atoms with Gasteiger partial charge in [-0.25, -0.2) is 13.6 Å². The number of halogens is 4. The first kappa shape index (κ1) is 50.0. The molecule has 0 aliphatic carbocycles. The first-order valence-electron chi connectivity index (χ1n) is 20.2. The van der Waals surface area contributed by atoms with Gasteiger partial charge in [0.15, 0.2) is 0 Å². The Morgan fingerprint density at radius 2 is 1.49 bits per heavy atom. The number of hydrogen-bond acceptors (Lipinski definition) is 14. The van der Waals surface area contributed by atoms with E-state index in [0.29, 0.717) is 52.9 Å². The summed E-state index contributed by atoms with van der Waals surface area (Å²) in [6.07, 6.45) is 0.280. The van der Waals surface area contributed by atoms with E-state index in [1.165, 1.54) is 55.6 Å². The fourth-order valence-electron chi connectivity index (χ4n) is 7.28. The molecular weight excluding hydrogens is 871 g/mol. The van der Waals surface area contributed by atoms with E-state index in [2.05, 4.69) is 16.7 Å². The maximum Gasteiger partial charge on any atom is 0.342 e. The number of amides is 1. The zero-order valence-corrected chi connectivity index (χ0v) is 37.2. The maximum absolute atomic E-state index is 16.1. The van der Waals surface area contributed by atoms with Crippen molar-refractivity contribution in [3.05, 3.63) is 93.0 Å². The molecule has 2 aliphatic rings. The van der Waals surface area contributed by atoms with E-state index in [-0.39, 0.29) is 57.8 Å². The van der Waals surface area contributed by atoms with Gasteiger partial charge in [0, 0.05) is 29.7 Å². The van der Waals surface area contributed by atoms with Crippen molar-refractivity contribution >= 4 is 40.8 Å². The Morgan fingerprint density at radius 1 is 0.857 bits per heavy atom. The van der Waals surface area contributed by atoms with Crippen LogP contribution in [0.15, 0.2) is 54.6 Å². The van der Waals surface area contributed by atoms with Gasteiger partial charge in [0.05, 0.1) is 102 Å². The van der Waals surface area contributed by atoms with E-state index >= 15 is 8.78 Å². The van der Waals surface area contributed by atoms with Crippen molar-refractivity contribution in [2.75, 3.05) is 85.6 Å². The molecule has 2 N–H and O–H groups in total. The highest BCUT2D eigenvalue weighted by atomic mass is 35.5. The molecule has 0 unspecified atom stereocenters. The summed E-state index contributed by atoms with van der Waals surface area (Å²) < 4.78 is 85.4. The van der Waals surface area contributed by atoms with Gasteiger partial charge >= 0.3 is 12.4 Å². The molecule has 0 spiro atoms. The summed E-state index contributed by atoms with van der Waals surface area (Å²) in [6.45, 7) is 7.36. The standard InChI is InChI=1S/C44H53Cl2F2N3O12/c1-43(2,3)25-35-44(26-49,30-11-10-28(45)24-32(30)47)36(29-7-6-8-31(46)37(29)48)38(51-35)39(52)50-33-12-9-27(23-34(33)55-5)40(53)61-42-62-41(63-42)60-22-21-59-20-19-58-18-17-57-16-15-56-14-13-54-4/h6-12,23-24,35-36,38,41-42,51H,13-22,25H2,1-5H3,(H,50,52)/t35-,36-,38+,41?,42?,44-/m0/s1. The number of esters is 1. The van der Waals surface area contributed by atoms with Crippen molar-refractivity contribution < 1.29 is 65.7 Å². The molecule has 19 heteroatoms. The van der Waals surface area contributed by atoms with Gasteiger partial charge in [0.2, 0.25) is 5.91 Å². The van der Waals surface area contributed by atoms with Gasteiger partial charge in [0.1, 0.15) is 22.8 Å². The number of ether oxygens (including phenoxy) is 10. The fourth-order valence-corrected chi connectivity index (χ4v) is 7.62. The molecule has 3 aromatic carbocycles. The van der Waals surface area contributed by atoms with Gasteiger partial charge in [-0.3, -0.25) is 14.3 Å². The Bertz CT molecular complexity index is 2030. The van der Waals surface area contributed by atoms with Crippen LogP contribution < -0.4 is 15.4 Å². The zero-order chi connectivity index (χ0) is 45.6. The van der Waals surface area contributed by atoms with Crippen molar-refractivity contribution in [2.24, 2.45) is 5.41 Å². The van der Waals surface area contributed by atoms with Crippen molar-refractivity contribution in [3.63, 3.8) is 0 Å². The van der Waals surface area contributed by atoms with Crippen LogP contribution in [0.4, 0.5) is 14.5 Å². The summed E-state index contributed by atoms with van der Waals surface area (Å²) in [5.74, 6) is -4.41. The molecule has 4 atom stereocenters. The van der Waals surface area contributed by atoms with Crippen LogP contribution in [-0.4, -0.2) is 117 Å². The minimum Gasteiger partial charge on any atom is -0.495 e. The van der Waals surface area contributed by atoms with Crippen LogP contribution in [0.3, 0.4) is 0 Å². The number of rotatable bonds is 24. The summed E-state index contributed by atoms with van der Waals surface area (Å²) in [4.78, 5) is 27.5. The van der Waals surface area contributed by atoms with E-state index in [9.17, 15) is 14.9 Å². The molecule has 15 nitrogen and oxygen atoms in total. The molecule has 63 heavy (non-hydrogen) atoms. The van der Waals surface area contributed by atoms with Gasteiger partial charge < -0.3 is 48.5 Å². The topological polar surface area (TPSA) is 174 Å². The number of carbonyl (C=O) groups is 2. The number of nitrogens with one attached hydrogen (secondary N) is 2. The number of carbonyl (C=O) groups excluding carboxylic acids is 2. The molecule has 2 aliphatic heterocycles. The van der Waals surface area contributed by atoms with Crippen molar-refractivity contribution in [3.8, 4) is 11.8 Å². The first-order valence-corrected chi connectivity index (χ1v) is 21.0. The predicted molar refractivity (Wildman–Crippen MR) is 226 cm³/mol. The minimum absolute atomic E-state index is 0.0281. The molecule has 0 saturated carbocycles. The lowest BCUT2D eigenvalue weighted by Gasteiger charge is -2.37. The van der Waals surface area contributed by atoms with Crippen LogP contribution in [0.25, 0.3) is 0 Å². The van der Waals surface area contributed by atoms with Crippen molar-refractivity contribution in [2.45, 2.75) is 63.6 Å². The quantitative estimate of drug-likeness (QED) is 0.0714. The average molecular weight is 925 g/mol. The van der Waals surface area contributed by atoms with Crippen LogP contribution in [0.1, 0.15) is 54.6 Å². The fraction of sp³-hybridized carbons (Fsp3) is 0.523. The first-order chi connectivity index (χ1) is 30.2. The SMILES string of the molecule is COCCOCCOCCOCCOCCOC1OC(OC(=O)c2ccc(NC(=O)[C@@H]3N[C@@H](CC(C)(C)C)[C@](C#N)(c4ccc(Cl)cc4F)[C@H]3c3cccc(Cl)c3F)c(OC)c2)O1. The Kier molecular flexibility index (Phi) is 18.9. The molecule has 1 amide bonds. The zero-order valence-electron chi connectivity index (χ0n) is 35.7. The molecule has 2 fully saturated rings. The smallest absolute Gasteiger partial charge is 0.342 e. The molecule has 2 heterocycles. The molecule has 3 aromatic rings. The number of methoxy groups -OCH3 is 2. The monoisotopic (exact) mass is 923 g/mol. The third-order valence-corrected chi connectivity index (χ3v) is 10.6. The second-order valence-electron chi connectivity index (χ2n) is 15.7. The van der Waals surface area contributed by atoms with Crippen LogP contribution in [0.2, 0.25) is 10.0 Å². The maximum atomic E-state index is 16.1. The van der Waals surface area contributed by atoms with Gasteiger partial charge in [-0.15, -0.1) is 0 Å². The summed E-state index contributed by atoms with van der Waals surface area (Å²) in [6, 6.07) is 12.4. The Morgan fingerprint density at radius 3 is 2.08 bits per heavy atom. The number of nitrogens with zero attached hydrogens (tertiary/aromatic N) is 1. The second kappa shape index (κ2) is 23.8. The summed E-state index contributed by atoms with van der Waals surface area (Å²) in [5.41, 5.74) is -2.23. The normalized spacial score (nSPS) is 22.0. The molecule has 0 aromatic heterocycles. The molecule has 0 bridgehead atoms. The molecule has 0 radical (unpaired) electrons. The lowest BCUT2D eigenvalue weighted by atomic mass is 9.62. The highest BCUT2D eigenvalue weighted by molar-refractivity contribution is 6.31. The van der Waals surface area contributed by atoms with Gasteiger partial charge in [-0.05, 0) is 53.8 Å². The van der Waals surface area contributed by atoms with Crippen molar-refractivity contribution in [1.29, 1.82) is 5.26 Å². The van der Waals surface area contributed by atoms with E-state index in [1.54, 1.807) is 7.11 Å². The Balaban J connectivity index is 1.16.